The van der Waals surface area contributed by atoms with Gasteiger partial charge in [0.1, 0.15) is 0 Å². The first-order valence-electron chi connectivity index (χ1n) is 4.82. The Morgan fingerprint density at radius 2 is 1.71 bits per heavy atom. The van der Waals surface area contributed by atoms with Gasteiger partial charge >= 0.3 is 0 Å². The Bertz CT molecular complexity index is 575. The van der Waals surface area contributed by atoms with Crippen LogP contribution in [0.5, 0.6) is 0 Å². The molecule has 0 atom stereocenters. The third kappa shape index (κ3) is 3.38. The maximum atomic E-state index is 8.71. The van der Waals surface area contributed by atoms with Gasteiger partial charge in [-0.15, -0.1) is 0 Å². The van der Waals surface area contributed by atoms with E-state index in [0.717, 1.165) is 18.4 Å². The Hall–Kier alpha value is -0.700. The second kappa shape index (κ2) is 5.76. The molecule has 0 aromatic heterocycles. The molecule has 0 unspecified atom stereocenters. The van der Waals surface area contributed by atoms with Crippen LogP contribution in [-0.2, 0) is 0 Å². The molecular weight excluding hydrogens is 365 g/mol. The first-order valence-corrected chi connectivity index (χ1v) is 7.09. The quantitative estimate of drug-likeness (QED) is 0.696. The van der Waals surface area contributed by atoms with Crippen molar-refractivity contribution in [3.63, 3.8) is 0 Å². The summed E-state index contributed by atoms with van der Waals surface area (Å²) in [5, 5.41) is 9.49. The molecule has 0 saturated carbocycles. The fourth-order valence-corrected chi connectivity index (χ4v) is 2.98. The Balaban J connectivity index is 2.20. The summed E-state index contributed by atoms with van der Waals surface area (Å²) in [6.45, 7) is 0. The third-order valence-corrected chi connectivity index (χ3v) is 4.65. The van der Waals surface area contributed by atoms with Gasteiger partial charge in [-0.05, 0) is 65.1 Å². The van der Waals surface area contributed by atoms with Gasteiger partial charge in [0.15, 0.2) is 0 Å². The van der Waals surface area contributed by atoms with Crippen LogP contribution in [-0.4, -0.2) is 0 Å². The van der Waals surface area contributed by atoms with E-state index in [1.54, 1.807) is 11.8 Å². The van der Waals surface area contributed by atoms with Crippen molar-refractivity contribution in [2.45, 2.75) is 9.79 Å². The molecular formula is C13H7ClINS. The van der Waals surface area contributed by atoms with Gasteiger partial charge in [0, 0.05) is 13.4 Å². The largest absolute Gasteiger partial charge is 0.192 e. The highest BCUT2D eigenvalue weighted by Crippen LogP contribution is 2.31. The molecule has 0 heterocycles. The zero-order valence-electron chi connectivity index (χ0n) is 8.65. The Kier molecular flexibility index (Phi) is 4.32. The predicted molar refractivity (Wildman–Crippen MR) is 79.4 cm³/mol. The highest BCUT2D eigenvalue weighted by molar-refractivity contribution is 14.1. The molecule has 0 aliphatic heterocycles. The van der Waals surface area contributed by atoms with Crippen molar-refractivity contribution in [2.24, 2.45) is 0 Å². The van der Waals surface area contributed by atoms with E-state index >= 15 is 0 Å². The lowest BCUT2D eigenvalue weighted by atomic mass is 10.2. The van der Waals surface area contributed by atoms with Crippen molar-refractivity contribution in [3.05, 3.63) is 56.6 Å². The highest BCUT2D eigenvalue weighted by atomic mass is 127. The van der Waals surface area contributed by atoms with Gasteiger partial charge in [-0.3, -0.25) is 0 Å². The SMILES string of the molecule is N#Cc1ccc(Sc2ccc(Cl)c(I)c2)cc1. The van der Waals surface area contributed by atoms with Gasteiger partial charge in [0.2, 0.25) is 0 Å². The summed E-state index contributed by atoms with van der Waals surface area (Å²) in [5.74, 6) is 0. The van der Waals surface area contributed by atoms with Gasteiger partial charge in [-0.2, -0.15) is 5.26 Å². The minimum atomic E-state index is 0.681. The van der Waals surface area contributed by atoms with Crippen LogP contribution >= 0.6 is 46.0 Å². The topological polar surface area (TPSA) is 23.8 Å². The van der Waals surface area contributed by atoms with Crippen molar-refractivity contribution >= 4 is 46.0 Å². The van der Waals surface area contributed by atoms with E-state index < -0.39 is 0 Å². The van der Waals surface area contributed by atoms with Crippen LogP contribution in [0.4, 0.5) is 0 Å². The second-order valence-corrected chi connectivity index (χ2v) is 6.03. The van der Waals surface area contributed by atoms with E-state index in [-0.39, 0.29) is 0 Å². The van der Waals surface area contributed by atoms with E-state index in [9.17, 15) is 0 Å². The summed E-state index contributed by atoms with van der Waals surface area (Å²) in [6.07, 6.45) is 0. The highest BCUT2D eigenvalue weighted by Gasteiger charge is 2.01. The molecule has 84 valence electrons. The van der Waals surface area contributed by atoms with Crippen LogP contribution in [0, 0.1) is 14.9 Å². The van der Waals surface area contributed by atoms with Crippen LogP contribution in [0.2, 0.25) is 5.02 Å². The summed E-state index contributed by atoms with van der Waals surface area (Å²) in [6, 6.07) is 15.6. The summed E-state index contributed by atoms with van der Waals surface area (Å²) in [5.41, 5.74) is 0.681. The molecule has 1 nitrogen and oxygen atoms in total. The first kappa shape index (κ1) is 12.7. The molecule has 0 bridgehead atoms. The summed E-state index contributed by atoms with van der Waals surface area (Å²) >= 11 is 9.84. The number of benzene rings is 2. The van der Waals surface area contributed by atoms with Gasteiger partial charge < -0.3 is 0 Å². The van der Waals surface area contributed by atoms with Crippen LogP contribution < -0.4 is 0 Å². The van der Waals surface area contributed by atoms with Crippen molar-refractivity contribution in [1.82, 2.24) is 0 Å². The average molecular weight is 372 g/mol. The molecule has 0 spiro atoms. The monoisotopic (exact) mass is 371 g/mol. The van der Waals surface area contributed by atoms with Crippen molar-refractivity contribution in [1.29, 1.82) is 5.26 Å². The maximum Gasteiger partial charge on any atom is 0.0991 e. The number of rotatable bonds is 2. The molecule has 0 aliphatic rings. The molecule has 2 aromatic rings. The Labute approximate surface area is 123 Å². The van der Waals surface area contributed by atoms with E-state index in [2.05, 4.69) is 28.7 Å². The van der Waals surface area contributed by atoms with Crippen LogP contribution in [0.3, 0.4) is 0 Å². The van der Waals surface area contributed by atoms with Crippen LogP contribution in [0.1, 0.15) is 5.56 Å². The maximum absolute atomic E-state index is 8.71. The number of hydrogen-bond donors (Lipinski definition) is 0. The van der Waals surface area contributed by atoms with E-state index in [4.69, 9.17) is 16.9 Å². The van der Waals surface area contributed by atoms with Gasteiger partial charge in [-0.1, -0.05) is 23.4 Å². The van der Waals surface area contributed by atoms with Crippen molar-refractivity contribution < 1.29 is 0 Å². The van der Waals surface area contributed by atoms with Gasteiger partial charge in [0.05, 0.1) is 16.7 Å². The summed E-state index contributed by atoms with van der Waals surface area (Å²) < 4.78 is 1.04. The van der Waals surface area contributed by atoms with Crippen molar-refractivity contribution in [2.75, 3.05) is 0 Å². The lowest BCUT2D eigenvalue weighted by molar-refractivity contribution is 1.38. The van der Waals surface area contributed by atoms with E-state index in [1.807, 2.05) is 42.5 Å². The fourth-order valence-electron chi connectivity index (χ4n) is 1.27. The Morgan fingerprint density at radius 1 is 1.06 bits per heavy atom. The molecule has 2 aromatic carbocycles. The number of hydrogen-bond acceptors (Lipinski definition) is 2. The minimum Gasteiger partial charge on any atom is -0.192 e. The van der Waals surface area contributed by atoms with Crippen LogP contribution in [0.15, 0.2) is 52.3 Å². The molecule has 0 saturated heterocycles. The zero-order valence-corrected chi connectivity index (χ0v) is 12.4. The van der Waals surface area contributed by atoms with Gasteiger partial charge in [-0.25, -0.2) is 0 Å². The molecule has 0 amide bonds. The Morgan fingerprint density at radius 3 is 2.29 bits per heavy atom. The van der Waals surface area contributed by atoms with Crippen LogP contribution in [0.25, 0.3) is 0 Å². The average Bonchev–Trinajstić information content (AvgIpc) is 2.35. The lowest BCUT2D eigenvalue weighted by Gasteiger charge is -2.03. The fraction of sp³-hybridized carbons (Fsp3) is 0. The molecule has 0 fully saturated rings. The lowest BCUT2D eigenvalue weighted by Crippen LogP contribution is -1.78. The molecule has 0 aliphatic carbocycles. The molecule has 0 N–H and O–H groups in total. The van der Waals surface area contributed by atoms with E-state index in [1.165, 1.54) is 0 Å². The molecule has 4 heteroatoms. The first-order chi connectivity index (χ1) is 8.19. The van der Waals surface area contributed by atoms with Gasteiger partial charge in [0.25, 0.3) is 0 Å². The van der Waals surface area contributed by atoms with Crippen molar-refractivity contribution in [3.8, 4) is 6.07 Å². The summed E-state index contributed by atoms with van der Waals surface area (Å²) in [4.78, 5) is 2.26. The number of halogens is 2. The molecule has 0 radical (unpaired) electrons. The number of nitrogens with zero attached hydrogens (tertiary/aromatic N) is 1. The zero-order chi connectivity index (χ0) is 12.3. The normalized spacial score (nSPS) is 9.94. The smallest absolute Gasteiger partial charge is 0.0991 e. The minimum absolute atomic E-state index is 0.681. The predicted octanol–water partition coefficient (Wildman–Crippen LogP) is 4.97. The molecule has 17 heavy (non-hydrogen) atoms. The standard InChI is InChI=1S/C13H7ClINS/c14-12-6-5-11(7-13(12)15)17-10-3-1-9(8-16)2-4-10/h1-7H. The molecule has 2 rings (SSSR count). The number of nitriles is 1. The van der Waals surface area contributed by atoms with E-state index in [0.29, 0.717) is 5.56 Å². The summed E-state index contributed by atoms with van der Waals surface area (Å²) in [7, 11) is 0. The third-order valence-electron chi connectivity index (χ3n) is 2.11. The second-order valence-electron chi connectivity index (χ2n) is 3.31.